The lowest BCUT2D eigenvalue weighted by molar-refractivity contribution is -0.117. The van der Waals surface area contributed by atoms with E-state index in [1.54, 1.807) is 50.2 Å². The van der Waals surface area contributed by atoms with Crippen molar-refractivity contribution in [1.29, 1.82) is 0 Å². The Kier molecular flexibility index (Phi) is 6.36. The summed E-state index contributed by atoms with van der Waals surface area (Å²) in [5.74, 6) is -1.29. The van der Waals surface area contributed by atoms with Crippen LogP contribution in [0.5, 0.6) is 0 Å². The second-order valence-corrected chi connectivity index (χ2v) is 6.80. The monoisotopic (exact) mass is 409 g/mol. The third-order valence-corrected chi connectivity index (χ3v) is 4.05. The summed E-state index contributed by atoms with van der Waals surface area (Å²) < 4.78 is 19.2. The summed E-state index contributed by atoms with van der Waals surface area (Å²) >= 11 is 0. The molecule has 2 aromatic carbocycles. The highest BCUT2D eigenvalue weighted by Gasteiger charge is 2.11. The Morgan fingerprint density at radius 3 is 2.33 bits per heavy atom. The molecular formula is C22H20FN3O4. The van der Waals surface area contributed by atoms with Gasteiger partial charge in [-0.3, -0.25) is 9.59 Å². The van der Waals surface area contributed by atoms with Crippen LogP contribution in [0.25, 0.3) is 11.3 Å². The molecule has 0 aliphatic heterocycles. The van der Waals surface area contributed by atoms with E-state index < -0.39 is 17.4 Å². The zero-order valence-electron chi connectivity index (χ0n) is 16.5. The maximum absolute atomic E-state index is 13.1. The normalized spacial score (nSPS) is 10.7. The van der Waals surface area contributed by atoms with Crippen LogP contribution in [0.15, 0.2) is 65.5 Å². The molecule has 0 unspecified atom stereocenters. The molecule has 7 nitrogen and oxygen atoms in total. The first-order valence-electron chi connectivity index (χ1n) is 9.27. The van der Waals surface area contributed by atoms with Crippen LogP contribution in [0.4, 0.5) is 10.1 Å². The predicted molar refractivity (Wildman–Crippen MR) is 110 cm³/mol. The lowest BCUT2D eigenvalue weighted by atomic mass is 10.1. The minimum Gasteiger partial charge on any atom is -0.459 e. The van der Waals surface area contributed by atoms with E-state index in [2.05, 4.69) is 10.4 Å². The number of amides is 1. The summed E-state index contributed by atoms with van der Waals surface area (Å²) in [6.07, 6.45) is -0.228. The van der Waals surface area contributed by atoms with Crippen molar-refractivity contribution in [2.45, 2.75) is 26.5 Å². The lowest BCUT2D eigenvalue weighted by Gasteiger charge is -2.10. The number of anilines is 1. The molecule has 1 amide bonds. The highest BCUT2D eigenvalue weighted by Crippen LogP contribution is 2.16. The number of rotatable bonds is 6. The first kappa shape index (κ1) is 20.9. The Labute approximate surface area is 172 Å². The molecule has 0 atom stereocenters. The summed E-state index contributed by atoms with van der Waals surface area (Å²) in [5.41, 5.74) is 1.45. The fourth-order valence-corrected chi connectivity index (χ4v) is 2.65. The Hall–Kier alpha value is -3.81. The van der Waals surface area contributed by atoms with E-state index >= 15 is 0 Å². The van der Waals surface area contributed by atoms with Crippen molar-refractivity contribution in [3.05, 3.63) is 82.4 Å². The summed E-state index contributed by atoms with van der Waals surface area (Å²) in [6, 6.07) is 14.7. The van der Waals surface area contributed by atoms with E-state index in [4.69, 9.17) is 4.74 Å². The molecule has 0 aliphatic rings. The third kappa shape index (κ3) is 5.38. The van der Waals surface area contributed by atoms with Crippen molar-refractivity contribution in [3.63, 3.8) is 0 Å². The van der Waals surface area contributed by atoms with Gasteiger partial charge >= 0.3 is 5.97 Å². The van der Waals surface area contributed by atoms with Gasteiger partial charge in [0.15, 0.2) is 0 Å². The molecule has 0 spiro atoms. The average molecular weight is 409 g/mol. The van der Waals surface area contributed by atoms with Crippen LogP contribution in [-0.2, 0) is 16.1 Å². The van der Waals surface area contributed by atoms with E-state index in [1.807, 2.05) is 0 Å². The van der Waals surface area contributed by atoms with Crippen LogP contribution >= 0.6 is 0 Å². The quantitative estimate of drug-likeness (QED) is 0.631. The van der Waals surface area contributed by atoms with Crippen molar-refractivity contribution < 1.29 is 18.7 Å². The topological polar surface area (TPSA) is 90.3 Å². The van der Waals surface area contributed by atoms with Crippen LogP contribution in [0.3, 0.4) is 0 Å². The van der Waals surface area contributed by atoms with Gasteiger partial charge in [-0.1, -0.05) is 0 Å². The number of halogens is 1. The Bertz CT molecular complexity index is 1110. The number of nitrogens with zero attached hydrogens (tertiary/aromatic N) is 2. The molecule has 0 aliphatic carbocycles. The number of hydrogen-bond donors (Lipinski definition) is 1. The molecule has 1 heterocycles. The molecular weight excluding hydrogens is 389 g/mol. The number of nitrogens with one attached hydrogen (secondary N) is 1. The fourth-order valence-electron chi connectivity index (χ4n) is 2.65. The molecule has 3 rings (SSSR count). The first-order valence-corrected chi connectivity index (χ1v) is 9.27. The summed E-state index contributed by atoms with van der Waals surface area (Å²) in [5, 5.41) is 6.83. The van der Waals surface area contributed by atoms with Crippen molar-refractivity contribution in [2.24, 2.45) is 0 Å². The van der Waals surface area contributed by atoms with Crippen LogP contribution in [0.1, 0.15) is 24.2 Å². The van der Waals surface area contributed by atoms with Gasteiger partial charge in [0.1, 0.15) is 12.4 Å². The van der Waals surface area contributed by atoms with Crippen molar-refractivity contribution in [1.82, 2.24) is 9.78 Å². The number of carbonyl (C=O) groups excluding carboxylic acids is 2. The minimum absolute atomic E-state index is 0.228. The molecule has 154 valence electrons. The van der Waals surface area contributed by atoms with Crippen molar-refractivity contribution >= 4 is 17.6 Å². The summed E-state index contributed by atoms with van der Waals surface area (Å²) in [4.78, 5) is 36.3. The Morgan fingerprint density at radius 2 is 1.70 bits per heavy atom. The first-order chi connectivity index (χ1) is 14.3. The van der Waals surface area contributed by atoms with Gasteiger partial charge in [-0.25, -0.2) is 13.9 Å². The zero-order chi connectivity index (χ0) is 21.7. The molecule has 0 bridgehead atoms. The number of hydrogen-bond acceptors (Lipinski definition) is 5. The minimum atomic E-state index is -0.460. The SMILES string of the molecule is CC(C)OC(=O)c1ccc(NC(=O)Cn2nc(-c3ccc(F)cc3)ccc2=O)cc1. The van der Waals surface area contributed by atoms with E-state index in [0.29, 0.717) is 22.5 Å². The maximum Gasteiger partial charge on any atom is 0.338 e. The van der Waals surface area contributed by atoms with Crippen LogP contribution in [0.2, 0.25) is 0 Å². The van der Waals surface area contributed by atoms with Gasteiger partial charge in [-0.2, -0.15) is 5.10 Å². The van der Waals surface area contributed by atoms with E-state index in [1.165, 1.54) is 24.3 Å². The fraction of sp³-hybridized carbons (Fsp3) is 0.182. The standard InChI is InChI=1S/C22H20FN3O4/c1-14(2)30-22(29)16-5-9-18(10-6-16)24-20(27)13-26-21(28)12-11-19(25-26)15-3-7-17(23)8-4-15/h3-12,14H,13H2,1-2H3,(H,24,27). The second-order valence-electron chi connectivity index (χ2n) is 6.80. The van der Waals surface area contributed by atoms with E-state index in [0.717, 1.165) is 4.68 Å². The molecule has 8 heteroatoms. The highest BCUT2D eigenvalue weighted by atomic mass is 19.1. The number of benzene rings is 2. The third-order valence-electron chi connectivity index (χ3n) is 4.05. The van der Waals surface area contributed by atoms with E-state index in [-0.39, 0.29) is 18.5 Å². The Balaban J connectivity index is 1.69. The molecule has 0 radical (unpaired) electrons. The molecule has 0 saturated heterocycles. The van der Waals surface area contributed by atoms with Crippen LogP contribution < -0.4 is 10.9 Å². The zero-order valence-corrected chi connectivity index (χ0v) is 16.5. The smallest absolute Gasteiger partial charge is 0.338 e. The molecule has 30 heavy (non-hydrogen) atoms. The van der Waals surface area contributed by atoms with E-state index in [9.17, 15) is 18.8 Å². The van der Waals surface area contributed by atoms with Gasteiger partial charge in [0.25, 0.3) is 5.56 Å². The predicted octanol–water partition coefficient (Wildman–Crippen LogP) is 3.25. The molecule has 1 aromatic heterocycles. The molecule has 0 fully saturated rings. The van der Waals surface area contributed by atoms with Gasteiger partial charge in [0, 0.05) is 17.3 Å². The Morgan fingerprint density at radius 1 is 1.03 bits per heavy atom. The average Bonchev–Trinajstić information content (AvgIpc) is 2.70. The number of ether oxygens (including phenoxy) is 1. The van der Waals surface area contributed by atoms with Gasteiger partial charge in [-0.05, 0) is 68.4 Å². The molecule has 0 saturated carbocycles. The second kappa shape index (κ2) is 9.13. The van der Waals surface area contributed by atoms with Crippen LogP contribution in [0, 0.1) is 5.82 Å². The van der Waals surface area contributed by atoms with Crippen LogP contribution in [-0.4, -0.2) is 27.8 Å². The maximum atomic E-state index is 13.1. The lowest BCUT2D eigenvalue weighted by Crippen LogP contribution is -2.29. The van der Waals surface area contributed by atoms with Gasteiger partial charge in [-0.15, -0.1) is 0 Å². The summed E-state index contributed by atoms with van der Waals surface area (Å²) in [7, 11) is 0. The van der Waals surface area contributed by atoms with Crippen molar-refractivity contribution in [3.8, 4) is 11.3 Å². The van der Waals surface area contributed by atoms with Gasteiger partial charge < -0.3 is 10.1 Å². The largest absolute Gasteiger partial charge is 0.459 e. The number of carbonyl (C=O) groups is 2. The van der Waals surface area contributed by atoms with Gasteiger partial charge in [0.05, 0.1) is 17.4 Å². The molecule has 1 N–H and O–H groups in total. The number of esters is 1. The van der Waals surface area contributed by atoms with Crippen molar-refractivity contribution in [2.75, 3.05) is 5.32 Å². The molecule has 3 aromatic rings. The van der Waals surface area contributed by atoms with Gasteiger partial charge in [0.2, 0.25) is 5.91 Å². The number of aromatic nitrogens is 2. The summed E-state index contributed by atoms with van der Waals surface area (Å²) in [6.45, 7) is 3.21. The highest BCUT2D eigenvalue weighted by molar-refractivity contribution is 5.93.